The van der Waals surface area contributed by atoms with Crippen LogP contribution in [0, 0.1) is 5.92 Å². The number of carbonyl (C=O) groups excluding carboxylic acids is 2. The monoisotopic (exact) mass is 772 g/mol. The maximum atomic E-state index is 13.1. The molecule has 4 unspecified atom stereocenters. The highest BCUT2D eigenvalue weighted by molar-refractivity contribution is 9.10. The minimum atomic E-state index is -0.568. The van der Waals surface area contributed by atoms with Crippen molar-refractivity contribution in [3.8, 4) is 22.4 Å². The number of amides is 2. The number of halogens is 2. The molecule has 1 saturated carbocycles. The first-order chi connectivity index (χ1) is 24.1. The number of nitrogens with zero attached hydrogens (tertiary/aromatic N) is 4. The van der Waals surface area contributed by atoms with Crippen LogP contribution < -0.4 is 0 Å². The summed E-state index contributed by atoms with van der Waals surface area (Å²) in [5, 5.41) is 2.47. The minimum Gasteiger partial charge on any atom is -0.444 e. The van der Waals surface area contributed by atoms with Gasteiger partial charge in [-0.25, -0.2) is 19.6 Å². The molecule has 10 nitrogen and oxygen atoms in total. The van der Waals surface area contributed by atoms with Crippen molar-refractivity contribution < 1.29 is 19.1 Å². The highest BCUT2D eigenvalue weighted by Crippen LogP contribution is 2.54. The summed E-state index contributed by atoms with van der Waals surface area (Å²) in [7, 11) is 0. The number of ether oxygens (including phenoxy) is 2. The predicted molar refractivity (Wildman–Crippen MR) is 202 cm³/mol. The van der Waals surface area contributed by atoms with Gasteiger partial charge in [0.1, 0.15) is 33.1 Å². The summed E-state index contributed by atoms with van der Waals surface area (Å²) in [5.41, 5.74) is 4.36. The van der Waals surface area contributed by atoms with Crippen molar-refractivity contribution in [2.75, 3.05) is 6.54 Å². The highest BCUT2D eigenvalue weighted by Gasteiger charge is 2.56. The Balaban J connectivity index is 1.04. The van der Waals surface area contributed by atoms with E-state index in [4.69, 9.17) is 31.0 Å². The van der Waals surface area contributed by atoms with E-state index < -0.39 is 11.2 Å². The van der Waals surface area contributed by atoms with Crippen LogP contribution in [0.3, 0.4) is 0 Å². The molecule has 2 saturated heterocycles. The van der Waals surface area contributed by atoms with Crippen molar-refractivity contribution in [1.29, 1.82) is 0 Å². The fourth-order valence-corrected chi connectivity index (χ4v) is 8.40. The second-order valence-corrected chi connectivity index (χ2v) is 17.2. The van der Waals surface area contributed by atoms with Crippen LogP contribution in [0.15, 0.2) is 53.1 Å². The number of hydrogen-bond donors (Lipinski definition) is 2. The lowest BCUT2D eigenvalue weighted by atomic mass is 9.99. The van der Waals surface area contributed by atoms with Crippen molar-refractivity contribution in [3.05, 3.63) is 69.8 Å². The van der Waals surface area contributed by atoms with E-state index in [2.05, 4.69) is 68.4 Å². The molecule has 3 aromatic carbocycles. The summed E-state index contributed by atoms with van der Waals surface area (Å²) in [4.78, 5) is 46.6. The second-order valence-electron chi connectivity index (χ2n) is 16.0. The van der Waals surface area contributed by atoms with E-state index in [0.717, 1.165) is 86.1 Å². The number of H-pyrrole nitrogens is 2. The predicted octanol–water partition coefficient (Wildman–Crippen LogP) is 10.3. The average Bonchev–Trinajstić information content (AvgIpc) is 3.50. The third kappa shape index (κ3) is 6.48. The topological polar surface area (TPSA) is 116 Å². The first-order valence-electron chi connectivity index (χ1n) is 17.6. The molecule has 3 fully saturated rings. The van der Waals surface area contributed by atoms with Crippen LogP contribution in [0.25, 0.3) is 44.2 Å². The molecule has 5 aromatic rings. The normalized spacial score (nSPS) is 21.8. The molecule has 2 amide bonds. The third-order valence-electron chi connectivity index (χ3n) is 9.94. The van der Waals surface area contributed by atoms with E-state index in [1.165, 1.54) is 0 Å². The molecule has 51 heavy (non-hydrogen) atoms. The molecule has 4 heterocycles. The number of carbonyl (C=O) groups is 2. The summed E-state index contributed by atoms with van der Waals surface area (Å²) < 4.78 is 12.2. The van der Waals surface area contributed by atoms with Crippen molar-refractivity contribution in [2.24, 2.45) is 5.92 Å². The lowest BCUT2D eigenvalue weighted by Crippen LogP contribution is -2.38. The number of aromatic amines is 2. The van der Waals surface area contributed by atoms with Gasteiger partial charge in [0.15, 0.2) is 0 Å². The lowest BCUT2D eigenvalue weighted by Gasteiger charge is -2.29. The van der Waals surface area contributed by atoms with Crippen LogP contribution in [0.4, 0.5) is 9.59 Å². The quantitative estimate of drug-likeness (QED) is 0.188. The van der Waals surface area contributed by atoms with Gasteiger partial charge in [-0.15, -0.1) is 0 Å². The van der Waals surface area contributed by atoms with Gasteiger partial charge < -0.3 is 19.4 Å². The van der Waals surface area contributed by atoms with Gasteiger partial charge in [0, 0.05) is 28.9 Å². The zero-order valence-electron chi connectivity index (χ0n) is 29.6. The van der Waals surface area contributed by atoms with Crippen LogP contribution in [-0.4, -0.2) is 65.7 Å². The molecule has 1 aliphatic carbocycles. The summed E-state index contributed by atoms with van der Waals surface area (Å²) in [6.07, 6.45) is 3.00. The first-order valence-corrected chi connectivity index (χ1v) is 18.8. The molecule has 0 spiro atoms. The van der Waals surface area contributed by atoms with Gasteiger partial charge in [0.2, 0.25) is 0 Å². The summed E-state index contributed by atoms with van der Waals surface area (Å²) >= 11 is 10.6. The Morgan fingerprint density at radius 3 is 2.22 bits per heavy atom. The van der Waals surface area contributed by atoms with Gasteiger partial charge >= 0.3 is 12.2 Å². The fraction of sp³-hybridized carbons (Fsp3) is 0.436. The number of piperidine rings is 1. The van der Waals surface area contributed by atoms with E-state index in [-0.39, 0.29) is 30.3 Å². The molecule has 0 bridgehead atoms. The molecule has 4 atom stereocenters. The Morgan fingerprint density at radius 1 is 0.824 bits per heavy atom. The van der Waals surface area contributed by atoms with E-state index >= 15 is 0 Å². The minimum absolute atomic E-state index is 0.144. The Morgan fingerprint density at radius 2 is 1.49 bits per heavy atom. The van der Waals surface area contributed by atoms with Crippen molar-refractivity contribution in [2.45, 2.75) is 96.6 Å². The van der Waals surface area contributed by atoms with Gasteiger partial charge in [0.25, 0.3) is 0 Å². The summed E-state index contributed by atoms with van der Waals surface area (Å²) in [6.45, 7) is 12.0. The SMILES string of the molecule is CC(C)(C)OC(=O)N1CCCC1c1nc2c(cc(Cl)c3cc(-c4ccc(-c5nc(C6CC7CC7N6C(=O)OC(C)(C)C)[nH]c5Br)cc4)ccc32)[nH]1. The number of likely N-dealkylation sites (tertiary alicyclic amines) is 2. The third-order valence-corrected chi connectivity index (χ3v) is 10.8. The maximum Gasteiger partial charge on any atom is 0.411 e. The smallest absolute Gasteiger partial charge is 0.411 e. The molecule has 12 heteroatoms. The zero-order chi connectivity index (χ0) is 36.0. The van der Waals surface area contributed by atoms with Crippen LogP contribution >= 0.6 is 27.5 Å². The van der Waals surface area contributed by atoms with E-state index in [0.29, 0.717) is 17.5 Å². The number of fused-ring (bicyclic) bond motifs is 4. The van der Waals surface area contributed by atoms with Gasteiger partial charge in [-0.05, 0) is 112 Å². The van der Waals surface area contributed by atoms with Gasteiger partial charge in [-0.2, -0.15) is 0 Å². The van der Waals surface area contributed by atoms with Crippen LogP contribution in [-0.2, 0) is 9.47 Å². The molecular weight excluding hydrogens is 732 g/mol. The first kappa shape index (κ1) is 34.0. The maximum absolute atomic E-state index is 13.1. The standard InChI is InChI=1S/C39H42BrClN6O4/c1-38(2,3)50-36(48)46-15-7-8-28(46)34-42-27-19-26(41)25-16-22(13-14-24(25)32(27)44-34)20-9-11-21(12-10-20)31-33(40)45-35(43-31)30-18-23-17-29(23)47(30)37(49)51-39(4,5)6/h9-14,16,19,23,28-30H,7-8,15,17-18H2,1-6H3,(H,42,44)(H,43,45). The molecule has 0 radical (unpaired) electrons. The molecule has 2 aliphatic heterocycles. The van der Waals surface area contributed by atoms with Crippen molar-refractivity contribution in [3.63, 3.8) is 0 Å². The molecule has 2 aromatic heterocycles. The molecule has 2 N–H and O–H groups in total. The van der Waals surface area contributed by atoms with E-state index in [1.54, 1.807) is 4.90 Å². The van der Waals surface area contributed by atoms with Crippen LogP contribution in [0.1, 0.15) is 91.0 Å². The number of imidazole rings is 2. The largest absolute Gasteiger partial charge is 0.444 e. The highest BCUT2D eigenvalue weighted by atomic mass is 79.9. The summed E-state index contributed by atoms with van der Waals surface area (Å²) in [6, 6.07) is 16.4. The number of rotatable bonds is 4. The average molecular weight is 774 g/mol. The summed E-state index contributed by atoms with van der Waals surface area (Å²) in [5.74, 6) is 2.01. The molecule has 3 aliphatic rings. The van der Waals surface area contributed by atoms with E-state index in [1.807, 2.05) is 52.5 Å². The van der Waals surface area contributed by atoms with Gasteiger partial charge in [-0.1, -0.05) is 48.0 Å². The second kappa shape index (κ2) is 12.3. The van der Waals surface area contributed by atoms with Crippen LogP contribution in [0.5, 0.6) is 0 Å². The molecule has 8 rings (SSSR count). The number of aromatic nitrogens is 4. The van der Waals surface area contributed by atoms with Gasteiger partial charge in [0.05, 0.1) is 28.1 Å². The Kier molecular flexibility index (Phi) is 8.18. The van der Waals surface area contributed by atoms with Crippen LogP contribution in [0.2, 0.25) is 5.02 Å². The fourth-order valence-electron chi connectivity index (χ4n) is 7.61. The number of hydrogen-bond acceptors (Lipinski definition) is 6. The Labute approximate surface area is 310 Å². The van der Waals surface area contributed by atoms with Crippen molar-refractivity contribution >= 4 is 61.5 Å². The van der Waals surface area contributed by atoms with Crippen molar-refractivity contribution in [1.82, 2.24) is 29.7 Å². The Hall–Kier alpha value is -4.09. The lowest BCUT2D eigenvalue weighted by molar-refractivity contribution is 0.0172. The number of benzene rings is 3. The zero-order valence-corrected chi connectivity index (χ0v) is 32.0. The van der Waals surface area contributed by atoms with E-state index in [9.17, 15) is 9.59 Å². The number of nitrogens with one attached hydrogen (secondary N) is 2. The molecular formula is C39H42BrClN6O4. The Bertz CT molecular complexity index is 2180. The van der Waals surface area contributed by atoms with Gasteiger partial charge in [-0.3, -0.25) is 9.80 Å². The molecule has 266 valence electrons.